The van der Waals surface area contributed by atoms with Crippen molar-refractivity contribution in [3.8, 4) is 28.5 Å². The van der Waals surface area contributed by atoms with Crippen LogP contribution in [0.15, 0.2) is 85.3 Å². The highest BCUT2D eigenvalue weighted by atomic mass is 19.1. The number of rotatable bonds is 7. The molecule has 9 heteroatoms. The van der Waals surface area contributed by atoms with Crippen LogP contribution in [0.4, 0.5) is 8.78 Å². The van der Waals surface area contributed by atoms with Crippen LogP contribution in [-0.2, 0) is 0 Å². The molecule has 5 heterocycles. The summed E-state index contributed by atoms with van der Waals surface area (Å²) in [7, 11) is 0. The van der Waals surface area contributed by atoms with Crippen LogP contribution < -0.4 is 0 Å². The first-order valence-corrected chi connectivity index (χ1v) is 12.4. The SMILES string of the molecule is Cc1ccc(C)n1-c1nc2cc(-c3cccc(-c4cnn(C(CCF)c5ccc(F)cc5)c4)n3)ccn2n1. The van der Waals surface area contributed by atoms with E-state index in [1.165, 1.54) is 12.1 Å². The van der Waals surface area contributed by atoms with E-state index in [1.54, 1.807) is 27.5 Å². The van der Waals surface area contributed by atoms with Gasteiger partial charge in [-0.2, -0.15) is 10.1 Å². The molecule has 0 fully saturated rings. The number of fused-ring (bicyclic) bond motifs is 1. The first kappa shape index (κ1) is 23.7. The lowest BCUT2D eigenvalue weighted by Gasteiger charge is -2.16. The minimum absolute atomic E-state index is 0.239. The van der Waals surface area contributed by atoms with Crippen LogP contribution >= 0.6 is 0 Å². The predicted molar refractivity (Wildman–Crippen MR) is 141 cm³/mol. The number of hydrogen-bond donors (Lipinski definition) is 0. The van der Waals surface area contributed by atoms with E-state index in [-0.39, 0.29) is 18.3 Å². The molecule has 0 amide bonds. The molecule has 6 rings (SSSR count). The molecule has 5 aromatic heterocycles. The highest BCUT2D eigenvalue weighted by Crippen LogP contribution is 2.27. The van der Waals surface area contributed by atoms with Crippen molar-refractivity contribution in [2.45, 2.75) is 26.3 Å². The van der Waals surface area contributed by atoms with Gasteiger partial charge in [-0.25, -0.2) is 13.9 Å². The second-order valence-corrected chi connectivity index (χ2v) is 9.24. The van der Waals surface area contributed by atoms with Gasteiger partial charge in [0, 0.05) is 41.3 Å². The van der Waals surface area contributed by atoms with E-state index in [0.29, 0.717) is 5.95 Å². The van der Waals surface area contributed by atoms with Gasteiger partial charge in [0.15, 0.2) is 5.65 Å². The maximum absolute atomic E-state index is 13.4. The van der Waals surface area contributed by atoms with Crippen molar-refractivity contribution in [3.63, 3.8) is 0 Å². The minimum Gasteiger partial charge on any atom is -0.286 e. The molecule has 7 nitrogen and oxygen atoms in total. The summed E-state index contributed by atoms with van der Waals surface area (Å²) in [4.78, 5) is 9.61. The number of halogens is 2. The van der Waals surface area contributed by atoms with E-state index in [9.17, 15) is 8.78 Å². The van der Waals surface area contributed by atoms with E-state index in [1.807, 2.05) is 73.3 Å². The van der Waals surface area contributed by atoms with Crippen LogP contribution in [0.5, 0.6) is 0 Å². The Morgan fingerprint density at radius 1 is 0.868 bits per heavy atom. The van der Waals surface area contributed by atoms with Gasteiger partial charge in [-0.1, -0.05) is 18.2 Å². The van der Waals surface area contributed by atoms with Crippen LogP contribution in [0, 0.1) is 19.7 Å². The molecule has 190 valence electrons. The highest BCUT2D eigenvalue weighted by Gasteiger charge is 2.17. The van der Waals surface area contributed by atoms with Gasteiger partial charge in [-0.3, -0.25) is 13.6 Å². The monoisotopic (exact) mass is 509 g/mol. The Morgan fingerprint density at radius 3 is 2.34 bits per heavy atom. The van der Waals surface area contributed by atoms with E-state index in [0.717, 1.165) is 45.1 Å². The van der Waals surface area contributed by atoms with Crippen LogP contribution in [0.3, 0.4) is 0 Å². The zero-order valence-electron chi connectivity index (χ0n) is 21.0. The number of hydrogen-bond acceptors (Lipinski definition) is 4. The van der Waals surface area contributed by atoms with E-state index >= 15 is 0 Å². The highest BCUT2D eigenvalue weighted by molar-refractivity contribution is 5.68. The molecule has 0 aliphatic carbocycles. The molecular weight excluding hydrogens is 484 g/mol. The summed E-state index contributed by atoms with van der Waals surface area (Å²) in [5, 5.41) is 9.12. The van der Waals surface area contributed by atoms with Gasteiger partial charge in [-0.15, -0.1) is 5.10 Å². The Morgan fingerprint density at radius 2 is 1.61 bits per heavy atom. The van der Waals surface area contributed by atoms with Gasteiger partial charge >= 0.3 is 0 Å². The van der Waals surface area contributed by atoms with Crippen LogP contribution in [0.2, 0.25) is 0 Å². The zero-order chi connectivity index (χ0) is 26.2. The van der Waals surface area contributed by atoms with E-state index < -0.39 is 6.67 Å². The molecule has 0 radical (unpaired) electrons. The zero-order valence-corrected chi connectivity index (χ0v) is 21.0. The number of aryl methyl sites for hydroxylation is 2. The number of pyridine rings is 2. The van der Waals surface area contributed by atoms with Crippen molar-refractivity contribution in [3.05, 3.63) is 108 Å². The molecule has 0 bridgehead atoms. The van der Waals surface area contributed by atoms with Crippen molar-refractivity contribution in [1.82, 2.24) is 33.9 Å². The standard InChI is InChI=1S/C29H25F2N7/c1-19-6-7-20(2)38(19)29-34-28-16-22(13-15-36(28)35-29)25-4-3-5-26(33-25)23-17-32-37(18-23)27(12-14-30)21-8-10-24(31)11-9-21/h3-11,13,15-18,27H,12,14H2,1-2H3. The molecule has 0 aliphatic rings. The molecule has 0 spiro atoms. The Labute approximate surface area is 218 Å². The van der Waals surface area contributed by atoms with Gasteiger partial charge < -0.3 is 0 Å². The normalized spacial score (nSPS) is 12.3. The van der Waals surface area contributed by atoms with Crippen LogP contribution in [-0.4, -0.2) is 40.6 Å². The Bertz CT molecular complexity index is 1710. The van der Waals surface area contributed by atoms with Gasteiger partial charge in [-0.05, 0) is 67.9 Å². The Kier molecular flexibility index (Phi) is 6.03. The minimum atomic E-state index is -0.513. The van der Waals surface area contributed by atoms with Crippen molar-refractivity contribution in [2.24, 2.45) is 0 Å². The van der Waals surface area contributed by atoms with Crippen molar-refractivity contribution in [1.29, 1.82) is 0 Å². The van der Waals surface area contributed by atoms with Crippen molar-refractivity contribution >= 4 is 5.65 Å². The van der Waals surface area contributed by atoms with Gasteiger partial charge in [0.2, 0.25) is 0 Å². The van der Waals surface area contributed by atoms with E-state index in [2.05, 4.69) is 10.2 Å². The third kappa shape index (κ3) is 4.36. The summed E-state index contributed by atoms with van der Waals surface area (Å²) in [6, 6.07) is 19.6. The summed E-state index contributed by atoms with van der Waals surface area (Å²) >= 11 is 0. The van der Waals surface area contributed by atoms with Crippen LogP contribution in [0.1, 0.15) is 29.4 Å². The third-order valence-electron chi connectivity index (χ3n) is 6.70. The fourth-order valence-electron chi connectivity index (χ4n) is 4.74. The third-order valence-corrected chi connectivity index (χ3v) is 6.70. The summed E-state index contributed by atoms with van der Waals surface area (Å²) in [6.07, 6.45) is 5.69. The topological polar surface area (TPSA) is 65.8 Å². The lowest BCUT2D eigenvalue weighted by atomic mass is 10.0. The lowest BCUT2D eigenvalue weighted by Crippen LogP contribution is -2.12. The average molecular weight is 510 g/mol. The summed E-state index contributed by atoms with van der Waals surface area (Å²) in [5.41, 5.74) is 6.91. The fraction of sp³-hybridized carbons (Fsp3) is 0.172. The number of aromatic nitrogens is 7. The molecule has 38 heavy (non-hydrogen) atoms. The summed E-state index contributed by atoms with van der Waals surface area (Å²) < 4.78 is 32.3. The Hall–Kier alpha value is -4.66. The number of benzene rings is 1. The quantitative estimate of drug-likeness (QED) is 0.259. The van der Waals surface area contributed by atoms with Crippen molar-refractivity contribution in [2.75, 3.05) is 6.67 Å². The maximum atomic E-state index is 13.4. The first-order chi connectivity index (χ1) is 18.5. The molecule has 1 aromatic carbocycles. The second kappa shape index (κ2) is 9.66. The second-order valence-electron chi connectivity index (χ2n) is 9.24. The molecule has 0 saturated carbocycles. The molecule has 0 N–H and O–H groups in total. The van der Waals surface area contributed by atoms with E-state index in [4.69, 9.17) is 9.97 Å². The molecule has 1 atom stereocenters. The molecule has 0 saturated heterocycles. The fourth-order valence-corrected chi connectivity index (χ4v) is 4.74. The van der Waals surface area contributed by atoms with Crippen LogP contribution in [0.25, 0.3) is 34.1 Å². The summed E-state index contributed by atoms with van der Waals surface area (Å²) in [6.45, 7) is 3.55. The van der Waals surface area contributed by atoms with Gasteiger partial charge in [0.05, 0.1) is 30.3 Å². The molecule has 6 aromatic rings. The number of nitrogens with zero attached hydrogens (tertiary/aromatic N) is 7. The smallest absolute Gasteiger partial charge is 0.254 e. The van der Waals surface area contributed by atoms with Gasteiger partial charge in [0.1, 0.15) is 5.82 Å². The molecular formula is C29H25F2N7. The van der Waals surface area contributed by atoms with Gasteiger partial charge in [0.25, 0.3) is 5.95 Å². The lowest BCUT2D eigenvalue weighted by molar-refractivity contribution is 0.395. The largest absolute Gasteiger partial charge is 0.286 e. The summed E-state index contributed by atoms with van der Waals surface area (Å²) in [5.74, 6) is 0.297. The molecule has 1 unspecified atom stereocenters. The number of alkyl halides is 1. The maximum Gasteiger partial charge on any atom is 0.254 e. The molecule has 0 aliphatic heterocycles. The Balaban J connectivity index is 1.31. The van der Waals surface area contributed by atoms with Crippen molar-refractivity contribution < 1.29 is 8.78 Å². The predicted octanol–water partition coefficient (Wildman–Crippen LogP) is 6.15. The first-order valence-electron chi connectivity index (χ1n) is 12.4. The average Bonchev–Trinajstić information content (AvgIpc) is 3.66.